The predicted octanol–water partition coefficient (Wildman–Crippen LogP) is 2.91. The predicted molar refractivity (Wildman–Crippen MR) is 117 cm³/mol. The highest BCUT2D eigenvalue weighted by Gasteiger charge is 2.27. The van der Waals surface area contributed by atoms with E-state index in [4.69, 9.17) is 21.1 Å². The molecule has 166 valence electrons. The van der Waals surface area contributed by atoms with Crippen molar-refractivity contribution in [2.24, 2.45) is 0 Å². The molecule has 30 heavy (non-hydrogen) atoms. The molecule has 0 spiro atoms. The quantitative estimate of drug-likeness (QED) is 0.765. The van der Waals surface area contributed by atoms with E-state index in [9.17, 15) is 9.59 Å². The summed E-state index contributed by atoms with van der Waals surface area (Å²) in [6.45, 7) is 5.85. The number of ether oxygens (including phenoxy) is 2. The van der Waals surface area contributed by atoms with E-state index in [1.165, 1.54) is 20.6 Å². The fraction of sp³-hybridized carbons (Fsp3) is 0.619. The summed E-state index contributed by atoms with van der Waals surface area (Å²) < 4.78 is 10.5. The Labute approximate surface area is 183 Å². The number of carbonyl (C=O) groups excluding carboxylic acids is 2. The summed E-state index contributed by atoms with van der Waals surface area (Å²) >= 11 is 6.12. The summed E-state index contributed by atoms with van der Waals surface area (Å²) in [6, 6.07) is 3.37. The van der Waals surface area contributed by atoms with Gasteiger partial charge in [0.2, 0.25) is 5.91 Å². The van der Waals surface area contributed by atoms with Crippen molar-refractivity contribution in [1.29, 1.82) is 0 Å². The first-order chi connectivity index (χ1) is 14.4. The highest BCUT2D eigenvalue weighted by Crippen LogP contribution is 2.36. The van der Waals surface area contributed by atoms with Gasteiger partial charge in [0.25, 0.3) is 0 Å². The van der Waals surface area contributed by atoms with Crippen molar-refractivity contribution in [3.8, 4) is 11.5 Å². The fourth-order valence-electron chi connectivity index (χ4n) is 4.01. The molecule has 2 aliphatic heterocycles. The third-order valence-corrected chi connectivity index (χ3v) is 6.15. The van der Waals surface area contributed by atoms with E-state index in [0.29, 0.717) is 61.0 Å². The molecule has 3 rings (SSSR count). The largest absolute Gasteiger partial charge is 0.495 e. The maximum Gasteiger partial charge on any atom is 0.322 e. The van der Waals surface area contributed by atoms with Crippen LogP contribution in [0.25, 0.3) is 0 Å². The van der Waals surface area contributed by atoms with Gasteiger partial charge in [0.1, 0.15) is 11.5 Å². The van der Waals surface area contributed by atoms with E-state index >= 15 is 0 Å². The van der Waals surface area contributed by atoms with E-state index < -0.39 is 0 Å². The summed E-state index contributed by atoms with van der Waals surface area (Å²) in [5, 5.41) is 3.29. The van der Waals surface area contributed by atoms with Crippen LogP contribution in [-0.4, -0.2) is 86.2 Å². The number of hydrogen-bond acceptors (Lipinski definition) is 5. The number of nitrogens with one attached hydrogen (secondary N) is 1. The van der Waals surface area contributed by atoms with Crippen molar-refractivity contribution < 1.29 is 19.1 Å². The van der Waals surface area contributed by atoms with Crippen molar-refractivity contribution in [2.45, 2.75) is 32.2 Å². The van der Waals surface area contributed by atoms with Crippen molar-refractivity contribution in [1.82, 2.24) is 14.7 Å². The molecule has 0 saturated carbocycles. The summed E-state index contributed by atoms with van der Waals surface area (Å²) in [5.41, 5.74) is 0.500. The first-order valence-corrected chi connectivity index (χ1v) is 10.8. The summed E-state index contributed by atoms with van der Waals surface area (Å²) in [4.78, 5) is 31.2. The lowest BCUT2D eigenvalue weighted by Gasteiger charge is -2.38. The van der Waals surface area contributed by atoms with Crippen molar-refractivity contribution >= 4 is 29.2 Å². The molecule has 2 saturated heterocycles. The molecule has 2 heterocycles. The van der Waals surface area contributed by atoms with E-state index in [-0.39, 0.29) is 11.9 Å². The standard InChI is InChI=1S/C21H31ClN4O4/c1-15-6-4-5-7-26(15)20(27)14-24-8-10-25(11-9-24)21(28)23-17-13-18(29-2)16(22)12-19(17)30-3/h12-13,15H,4-11,14H2,1-3H3,(H,23,28). The molecule has 0 aromatic heterocycles. The van der Waals surface area contributed by atoms with Gasteiger partial charge >= 0.3 is 6.03 Å². The number of likely N-dealkylation sites (tertiary alicyclic amines) is 1. The number of methoxy groups -OCH3 is 2. The van der Waals surface area contributed by atoms with Crippen LogP contribution in [-0.2, 0) is 4.79 Å². The Morgan fingerprint density at radius 2 is 1.77 bits per heavy atom. The highest BCUT2D eigenvalue weighted by atomic mass is 35.5. The molecule has 1 atom stereocenters. The zero-order chi connectivity index (χ0) is 21.7. The minimum absolute atomic E-state index is 0.193. The average molecular weight is 439 g/mol. The second kappa shape index (κ2) is 10.2. The minimum atomic E-state index is -0.215. The number of piperazine rings is 1. The van der Waals surface area contributed by atoms with Crippen molar-refractivity contribution in [2.75, 3.05) is 58.8 Å². The lowest BCUT2D eigenvalue weighted by Crippen LogP contribution is -2.53. The molecule has 0 radical (unpaired) electrons. The normalized spacial score (nSPS) is 20.1. The molecular weight excluding hydrogens is 408 g/mol. The Morgan fingerprint density at radius 1 is 1.07 bits per heavy atom. The second-order valence-electron chi connectivity index (χ2n) is 7.81. The smallest absolute Gasteiger partial charge is 0.322 e. The van der Waals surface area contributed by atoms with Crippen LogP contribution in [0.5, 0.6) is 11.5 Å². The fourth-order valence-corrected chi connectivity index (χ4v) is 4.24. The third kappa shape index (κ3) is 5.29. The topological polar surface area (TPSA) is 74.4 Å². The van der Waals surface area contributed by atoms with Crippen molar-refractivity contribution in [3.63, 3.8) is 0 Å². The molecule has 2 aliphatic rings. The molecule has 0 bridgehead atoms. The number of urea groups is 1. The summed E-state index contributed by atoms with van der Waals surface area (Å²) in [7, 11) is 3.04. The molecular formula is C21H31ClN4O4. The number of piperidine rings is 1. The number of hydrogen-bond donors (Lipinski definition) is 1. The number of carbonyl (C=O) groups is 2. The maximum absolute atomic E-state index is 12.7. The lowest BCUT2D eigenvalue weighted by molar-refractivity contribution is -0.136. The maximum atomic E-state index is 12.7. The van der Waals surface area contributed by atoms with Gasteiger partial charge in [-0.3, -0.25) is 9.69 Å². The summed E-state index contributed by atoms with van der Waals surface area (Å²) in [6.07, 6.45) is 3.37. The van der Waals surface area contributed by atoms with Gasteiger partial charge in [-0.1, -0.05) is 11.6 Å². The Morgan fingerprint density at radius 3 is 2.40 bits per heavy atom. The molecule has 9 heteroatoms. The summed E-state index contributed by atoms with van der Waals surface area (Å²) in [5.74, 6) is 1.12. The molecule has 0 aliphatic carbocycles. The first kappa shape index (κ1) is 22.5. The number of anilines is 1. The molecule has 1 aromatic rings. The highest BCUT2D eigenvalue weighted by molar-refractivity contribution is 6.32. The van der Waals surface area contributed by atoms with Gasteiger partial charge in [-0.15, -0.1) is 0 Å². The van der Waals surface area contributed by atoms with Crippen LogP contribution in [0.4, 0.5) is 10.5 Å². The van der Waals surface area contributed by atoms with Crippen LogP contribution in [0, 0.1) is 0 Å². The zero-order valence-corrected chi connectivity index (χ0v) is 18.7. The van der Waals surface area contributed by atoms with Crippen LogP contribution in [0.2, 0.25) is 5.02 Å². The number of benzene rings is 1. The van der Waals surface area contributed by atoms with Crippen LogP contribution >= 0.6 is 11.6 Å². The van der Waals surface area contributed by atoms with Gasteiger partial charge in [-0.05, 0) is 26.2 Å². The van der Waals surface area contributed by atoms with E-state index in [0.717, 1.165) is 19.4 Å². The van der Waals surface area contributed by atoms with Crippen LogP contribution in [0.1, 0.15) is 26.2 Å². The zero-order valence-electron chi connectivity index (χ0n) is 17.9. The van der Waals surface area contributed by atoms with E-state index in [1.54, 1.807) is 17.0 Å². The monoisotopic (exact) mass is 438 g/mol. The molecule has 1 aromatic carbocycles. The van der Waals surface area contributed by atoms with Crippen LogP contribution in [0.3, 0.4) is 0 Å². The molecule has 1 unspecified atom stereocenters. The van der Waals surface area contributed by atoms with Crippen LogP contribution in [0.15, 0.2) is 12.1 Å². The van der Waals surface area contributed by atoms with Crippen LogP contribution < -0.4 is 14.8 Å². The van der Waals surface area contributed by atoms with Gasteiger partial charge in [-0.25, -0.2) is 4.79 Å². The van der Waals surface area contributed by atoms with E-state index in [2.05, 4.69) is 17.1 Å². The van der Waals surface area contributed by atoms with Gasteiger partial charge in [0.15, 0.2) is 0 Å². The number of nitrogens with zero attached hydrogens (tertiary/aromatic N) is 3. The molecule has 2 fully saturated rings. The Bertz CT molecular complexity index is 768. The minimum Gasteiger partial charge on any atom is -0.495 e. The van der Waals surface area contributed by atoms with E-state index in [1.807, 2.05) is 4.90 Å². The SMILES string of the molecule is COc1cc(NC(=O)N2CCN(CC(=O)N3CCCCC3C)CC2)c(OC)cc1Cl. The number of amides is 3. The number of halogens is 1. The average Bonchev–Trinajstić information content (AvgIpc) is 2.75. The number of rotatable bonds is 5. The molecule has 8 nitrogen and oxygen atoms in total. The first-order valence-electron chi connectivity index (χ1n) is 10.4. The Kier molecular flexibility index (Phi) is 7.66. The molecule has 3 amide bonds. The van der Waals surface area contributed by atoms with Gasteiger partial charge < -0.3 is 24.6 Å². The second-order valence-corrected chi connectivity index (χ2v) is 8.22. The molecule has 1 N–H and O–H groups in total. The Balaban J connectivity index is 1.52. The Hall–Kier alpha value is -2.19. The lowest BCUT2D eigenvalue weighted by atomic mass is 10.0. The van der Waals surface area contributed by atoms with Gasteiger partial charge in [0, 0.05) is 50.9 Å². The van der Waals surface area contributed by atoms with Gasteiger partial charge in [0.05, 0.1) is 31.5 Å². The van der Waals surface area contributed by atoms with Crippen molar-refractivity contribution in [3.05, 3.63) is 17.2 Å². The van der Waals surface area contributed by atoms with Gasteiger partial charge in [-0.2, -0.15) is 0 Å². The third-order valence-electron chi connectivity index (χ3n) is 5.86.